The minimum Gasteiger partial charge on any atom is -0.295 e. The van der Waals surface area contributed by atoms with Gasteiger partial charge in [-0.1, -0.05) is 30.0 Å². The average molecular weight is 311 g/mol. The van der Waals surface area contributed by atoms with Crippen LogP contribution in [0.3, 0.4) is 0 Å². The first-order chi connectivity index (χ1) is 9.62. The second-order valence-corrected chi connectivity index (χ2v) is 7.25. The largest absolute Gasteiger partial charge is 0.295 e. The van der Waals surface area contributed by atoms with Gasteiger partial charge in [0.2, 0.25) is 10.0 Å². The number of aromatic nitrogens is 2. The summed E-state index contributed by atoms with van der Waals surface area (Å²) in [6.45, 7) is 0. The van der Waals surface area contributed by atoms with E-state index >= 15 is 0 Å². The van der Waals surface area contributed by atoms with Crippen molar-refractivity contribution in [3.8, 4) is 5.69 Å². The quantitative estimate of drug-likeness (QED) is 0.626. The van der Waals surface area contributed by atoms with Crippen molar-refractivity contribution < 1.29 is 8.42 Å². The Bertz CT molecular complexity index is 639. The van der Waals surface area contributed by atoms with Crippen LogP contribution in [0.5, 0.6) is 0 Å². The smallest absolute Gasteiger partial charge is 0.211 e. The summed E-state index contributed by atoms with van der Waals surface area (Å²) in [4.78, 5) is 4.31. The molecule has 108 valence electrons. The van der Waals surface area contributed by atoms with Crippen molar-refractivity contribution >= 4 is 21.8 Å². The molecule has 5 nitrogen and oxygen atoms in total. The number of nitrogens with zero attached hydrogens (tertiary/aromatic N) is 2. The fourth-order valence-electron chi connectivity index (χ4n) is 1.70. The van der Waals surface area contributed by atoms with E-state index in [1.807, 2.05) is 41.1 Å². The van der Waals surface area contributed by atoms with Crippen LogP contribution < -0.4 is 4.72 Å². The minimum atomic E-state index is -3.11. The normalized spacial score (nSPS) is 11.7. The van der Waals surface area contributed by atoms with Gasteiger partial charge in [0.25, 0.3) is 0 Å². The number of hydrogen-bond acceptors (Lipinski definition) is 4. The van der Waals surface area contributed by atoms with Crippen molar-refractivity contribution in [2.75, 3.05) is 18.6 Å². The molecule has 0 fully saturated rings. The maximum atomic E-state index is 11.3. The Balaban J connectivity index is 1.94. The molecule has 0 aliphatic carbocycles. The van der Waals surface area contributed by atoms with E-state index in [1.165, 1.54) is 7.05 Å². The highest BCUT2D eigenvalue weighted by atomic mass is 32.2. The first kappa shape index (κ1) is 15.1. The molecule has 0 spiro atoms. The highest BCUT2D eigenvalue weighted by molar-refractivity contribution is 7.99. The highest BCUT2D eigenvalue weighted by Crippen LogP contribution is 2.20. The molecule has 7 heteroatoms. The standard InChI is InChI=1S/C13H17N3O2S2/c1-14-20(17,18)11-5-10-19-13-15-8-9-16(13)12-6-3-2-4-7-12/h2-4,6-9,14H,5,10-11H2,1H3. The number of nitrogens with one attached hydrogen (secondary N) is 1. The Hall–Kier alpha value is -1.31. The van der Waals surface area contributed by atoms with Crippen molar-refractivity contribution in [3.05, 3.63) is 42.7 Å². The molecule has 1 aromatic heterocycles. The molecule has 0 bridgehead atoms. The summed E-state index contributed by atoms with van der Waals surface area (Å²) < 4.78 is 26.9. The molecule has 0 saturated heterocycles. The Morgan fingerprint density at radius 2 is 2.05 bits per heavy atom. The van der Waals surface area contributed by atoms with Crippen LogP contribution in [0, 0.1) is 0 Å². The van der Waals surface area contributed by atoms with Gasteiger partial charge in [-0.3, -0.25) is 4.57 Å². The second-order valence-electron chi connectivity index (χ2n) is 4.14. The van der Waals surface area contributed by atoms with Gasteiger partial charge in [-0.15, -0.1) is 0 Å². The molecule has 20 heavy (non-hydrogen) atoms. The fraction of sp³-hybridized carbons (Fsp3) is 0.308. The van der Waals surface area contributed by atoms with Gasteiger partial charge in [0, 0.05) is 23.8 Å². The molecule has 1 heterocycles. The van der Waals surface area contributed by atoms with Gasteiger partial charge in [-0.25, -0.2) is 18.1 Å². The Morgan fingerprint density at radius 1 is 1.30 bits per heavy atom. The summed E-state index contributed by atoms with van der Waals surface area (Å²) in [5.41, 5.74) is 1.05. The van der Waals surface area contributed by atoms with Crippen molar-refractivity contribution in [1.29, 1.82) is 0 Å². The molecule has 1 N–H and O–H groups in total. The second kappa shape index (κ2) is 6.92. The molecule has 0 aliphatic rings. The first-order valence-corrected chi connectivity index (χ1v) is 8.89. The van der Waals surface area contributed by atoms with E-state index in [4.69, 9.17) is 0 Å². The summed E-state index contributed by atoms with van der Waals surface area (Å²) in [6, 6.07) is 9.94. The van der Waals surface area contributed by atoms with Crippen LogP contribution in [0.4, 0.5) is 0 Å². The SMILES string of the molecule is CNS(=O)(=O)CCCSc1nccn1-c1ccccc1. The topological polar surface area (TPSA) is 64.0 Å². The Labute approximate surface area is 123 Å². The number of imidazole rings is 1. The van der Waals surface area contributed by atoms with Crippen molar-refractivity contribution in [1.82, 2.24) is 14.3 Å². The van der Waals surface area contributed by atoms with Gasteiger partial charge in [0.05, 0.1) is 5.75 Å². The van der Waals surface area contributed by atoms with Gasteiger partial charge >= 0.3 is 0 Å². The van der Waals surface area contributed by atoms with E-state index in [-0.39, 0.29) is 5.75 Å². The lowest BCUT2D eigenvalue weighted by Gasteiger charge is -2.07. The van der Waals surface area contributed by atoms with Crippen LogP contribution in [0.15, 0.2) is 47.9 Å². The predicted molar refractivity (Wildman–Crippen MR) is 81.8 cm³/mol. The lowest BCUT2D eigenvalue weighted by atomic mass is 10.3. The number of rotatable bonds is 7. The molecular weight excluding hydrogens is 294 g/mol. The molecule has 0 unspecified atom stereocenters. The monoisotopic (exact) mass is 311 g/mol. The van der Waals surface area contributed by atoms with Gasteiger partial charge in [0.15, 0.2) is 5.16 Å². The number of thioether (sulfide) groups is 1. The number of hydrogen-bond donors (Lipinski definition) is 1. The fourth-order valence-corrected chi connectivity index (χ4v) is 3.52. The van der Waals surface area contributed by atoms with Crippen molar-refractivity contribution in [2.45, 2.75) is 11.6 Å². The van der Waals surface area contributed by atoms with E-state index < -0.39 is 10.0 Å². The third-order valence-electron chi connectivity index (χ3n) is 2.74. The molecule has 2 aromatic rings. The van der Waals surface area contributed by atoms with E-state index in [0.29, 0.717) is 12.2 Å². The summed E-state index contributed by atoms with van der Waals surface area (Å²) >= 11 is 1.56. The van der Waals surface area contributed by atoms with Gasteiger partial charge in [-0.2, -0.15) is 0 Å². The zero-order chi connectivity index (χ0) is 14.4. The highest BCUT2D eigenvalue weighted by Gasteiger charge is 2.08. The summed E-state index contributed by atoms with van der Waals surface area (Å²) in [5, 5.41) is 0.873. The lowest BCUT2D eigenvalue weighted by molar-refractivity contribution is 0.587. The van der Waals surface area contributed by atoms with Gasteiger partial charge in [0.1, 0.15) is 0 Å². The zero-order valence-corrected chi connectivity index (χ0v) is 12.8. The van der Waals surface area contributed by atoms with Crippen LogP contribution in [0.2, 0.25) is 0 Å². The molecular formula is C13H17N3O2S2. The third-order valence-corrected chi connectivity index (χ3v) is 5.24. The zero-order valence-electron chi connectivity index (χ0n) is 11.2. The predicted octanol–water partition coefficient (Wildman–Crippen LogP) is 1.90. The summed E-state index contributed by atoms with van der Waals surface area (Å²) in [6.07, 6.45) is 4.25. The first-order valence-electron chi connectivity index (χ1n) is 6.25. The number of sulfonamides is 1. The number of para-hydroxylation sites is 1. The molecule has 0 amide bonds. The van der Waals surface area contributed by atoms with Crippen molar-refractivity contribution in [3.63, 3.8) is 0 Å². The van der Waals surface area contributed by atoms with Crippen LogP contribution in [-0.4, -0.2) is 36.5 Å². The minimum absolute atomic E-state index is 0.141. The molecule has 0 radical (unpaired) electrons. The van der Waals surface area contributed by atoms with Gasteiger partial charge in [-0.05, 0) is 25.6 Å². The molecule has 0 saturated carbocycles. The maximum Gasteiger partial charge on any atom is 0.211 e. The summed E-state index contributed by atoms with van der Waals surface area (Å²) in [7, 11) is -1.68. The van der Waals surface area contributed by atoms with Crippen LogP contribution in [-0.2, 0) is 10.0 Å². The van der Waals surface area contributed by atoms with Crippen LogP contribution >= 0.6 is 11.8 Å². The van der Waals surface area contributed by atoms with Crippen LogP contribution in [0.1, 0.15) is 6.42 Å². The number of benzene rings is 1. The van der Waals surface area contributed by atoms with E-state index in [9.17, 15) is 8.42 Å². The molecule has 1 aromatic carbocycles. The van der Waals surface area contributed by atoms with Crippen molar-refractivity contribution in [2.24, 2.45) is 0 Å². The van der Waals surface area contributed by atoms with E-state index in [1.54, 1.807) is 18.0 Å². The lowest BCUT2D eigenvalue weighted by Crippen LogP contribution is -2.22. The van der Waals surface area contributed by atoms with E-state index in [0.717, 1.165) is 10.8 Å². The summed E-state index contributed by atoms with van der Waals surface area (Å²) in [5.74, 6) is 0.854. The maximum absolute atomic E-state index is 11.3. The molecule has 0 atom stereocenters. The van der Waals surface area contributed by atoms with E-state index in [2.05, 4.69) is 9.71 Å². The Kier molecular flexibility index (Phi) is 5.22. The average Bonchev–Trinajstić information content (AvgIpc) is 2.93. The van der Waals surface area contributed by atoms with Crippen LogP contribution in [0.25, 0.3) is 5.69 Å². The molecule has 0 aliphatic heterocycles. The Morgan fingerprint density at radius 3 is 2.75 bits per heavy atom. The molecule has 2 rings (SSSR count). The van der Waals surface area contributed by atoms with Gasteiger partial charge < -0.3 is 0 Å². The third kappa shape index (κ3) is 4.09.